The first-order valence-electron chi connectivity index (χ1n) is 10.9. The molecule has 1 fully saturated rings. The van der Waals surface area contributed by atoms with E-state index in [9.17, 15) is 8.42 Å². The van der Waals surface area contributed by atoms with Gasteiger partial charge in [0.05, 0.1) is 18.1 Å². The minimum atomic E-state index is -4.06. The van der Waals surface area contributed by atoms with Crippen molar-refractivity contribution in [2.45, 2.75) is 82.4 Å². The molecule has 1 aromatic carbocycles. The second kappa shape index (κ2) is 15.9. The number of ether oxygens (including phenoxy) is 1. The Hall–Kier alpha value is -0.950. The van der Waals surface area contributed by atoms with Crippen LogP contribution in [0.1, 0.15) is 76.7 Å². The van der Waals surface area contributed by atoms with Crippen molar-refractivity contribution in [2.24, 2.45) is 0 Å². The SMILES string of the molecule is C1COCCN1.CCCCCCCCCCCCc1ccc(S(=O)(=O)O)cc1. The lowest BCUT2D eigenvalue weighted by Gasteiger charge is -2.10. The van der Waals surface area contributed by atoms with Gasteiger partial charge in [0.1, 0.15) is 0 Å². The molecule has 0 radical (unpaired) electrons. The summed E-state index contributed by atoms with van der Waals surface area (Å²) in [5.41, 5.74) is 1.13. The molecule has 0 atom stereocenters. The summed E-state index contributed by atoms with van der Waals surface area (Å²) in [6.45, 7) is 6.08. The van der Waals surface area contributed by atoms with Crippen molar-refractivity contribution in [3.63, 3.8) is 0 Å². The summed E-state index contributed by atoms with van der Waals surface area (Å²) in [5.74, 6) is 0. The molecule has 2 N–H and O–H groups in total. The first-order valence-corrected chi connectivity index (χ1v) is 12.3. The lowest BCUT2D eigenvalue weighted by atomic mass is 10.0. The van der Waals surface area contributed by atoms with E-state index in [-0.39, 0.29) is 4.90 Å². The molecule has 0 amide bonds. The van der Waals surface area contributed by atoms with Crippen molar-refractivity contribution in [2.75, 3.05) is 26.3 Å². The van der Waals surface area contributed by atoms with E-state index in [1.165, 1.54) is 69.9 Å². The average Bonchev–Trinajstić information content (AvgIpc) is 2.71. The molecule has 5 nitrogen and oxygen atoms in total. The fraction of sp³-hybridized carbons (Fsp3) is 0.727. The highest BCUT2D eigenvalue weighted by Crippen LogP contribution is 2.14. The number of aryl methyl sites for hydroxylation is 1. The molecule has 0 spiro atoms. The largest absolute Gasteiger partial charge is 0.379 e. The van der Waals surface area contributed by atoms with Crippen molar-refractivity contribution in [3.8, 4) is 0 Å². The number of morpholine rings is 1. The van der Waals surface area contributed by atoms with Gasteiger partial charge in [-0.1, -0.05) is 76.8 Å². The Kier molecular flexibility index (Phi) is 14.3. The van der Waals surface area contributed by atoms with Gasteiger partial charge < -0.3 is 10.1 Å². The predicted octanol–water partition coefficient (Wildman–Crippen LogP) is 5.00. The predicted molar refractivity (Wildman–Crippen MR) is 115 cm³/mol. The Morgan fingerprint density at radius 1 is 0.857 bits per heavy atom. The molecule has 28 heavy (non-hydrogen) atoms. The fourth-order valence-corrected chi connectivity index (χ4v) is 3.64. The number of unbranched alkanes of at least 4 members (excludes halogenated alkanes) is 9. The van der Waals surface area contributed by atoms with Gasteiger partial charge in [-0.15, -0.1) is 0 Å². The van der Waals surface area contributed by atoms with E-state index in [1.807, 2.05) is 0 Å². The zero-order valence-electron chi connectivity index (χ0n) is 17.5. The quantitative estimate of drug-likeness (QED) is 0.372. The molecule has 1 aliphatic rings. The molecule has 1 aromatic rings. The Bertz CT molecular complexity index is 572. The van der Waals surface area contributed by atoms with Gasteiger partial charge in [-0.25, -0.2) is 0 Å². The van der Waals surface area contributed by atoms with E-state index in [2.05, 4.69) is 12.2 Å². The van der Waals surface area contributed by atoms with Gasteiger partial charge in [0.25, 0.3) is 10.1 Å². The van der Waals surface area contributed by atoms with Crippen LogP contribution in [0.5, 0.6) is 0 Å². The van der Waals surface area contributed by atoms with Gasteiger partial charge in [-0.3, -0.25) is 4.55 Å². The van der Waals surface area contributed by atoms with Gasteiger partial charge in [0, 0.05) is 13.1 Å². The third-order valence-corrected chi connectivity index (χ3v) is 5.75. The highest BCUT2D eigenvalue weighted by atomic mass is 32.2. The van der Waals surface area contributed by atoms with E-state index < -0.39 is 10.1 Å². The molecule has 0 aliphatic carbocycles. The monoisotopic (exact) mass is 413 g/mol. The lowest BCUT2D eigenvalue weighted by molar-refractivity contribution is 0.109. The second-order valence-electron chi connectivity index (χ2n) is 7.41. The van der Waals surface area contributed by atoms with Crippen LogP contribution >= 0.6 is 0 Å². The summed E-state index contributed by atoms with van der Waals surface area (Å²) in [5, 5.41) is 3.16. The number of hydrogen-bond acceptors (Lipinski definition) is 4. The maximum absolute atomic E-state index is 10.9. The van der Waals surface area contributed by atoms with E-state index in [0.29, 0.717) is 0 Å². The first-order chi connectivity index (χ1) is 13.5. The van der Waals surface area contributed by atoms with E-state index in [4.69, 9.17) is 9.29 Å². The highest BCUT2D eigenvalue weighted by molar-refractivity contribution is 7.85. The van der Waals surface area contributed by atoms with Crippen LogP contribution in [0.4, 0.5) is 0 Å². The van der Waals surface area contributed by atoms with Crippen LogP contribution in [-0.2, 0) is 21.3 Å². The molecular weight excluding hydrogens is 374 g/mol. The minimum Gasteiger partial charge on any atom is -0.379 e. The number of hydrogen-bond donors (Lipinski definition) is 2. The fourth-order valence-electron chi connectivity index (χ4n) is 3.16. The van der Waals surface area contributed by atoms with Crippen molar-refractivity contribution in [1.29, 1.82) is 0 Å². The van der Waals surface area contributed by atoms with Crippen LogP contribution in [0.3, 0.4) is 0 Å². The van der Waals surface area contributed by atoms with E-state index >= 15 is 0 Å². The van der Waals surface area contributed by atoms with Crippen molar-refractivity contribution < 1.29 is 17.7 Å². The molecule has 1 saturated heterocycles. The summed E-state index contributed by atoms with van der Waals surface area (Å²) >= 11 is 0. The summed E-state index contributed by atoms with van der Waals surface area (Å²) in [6.07, 6.45) is 14.1. The Morgan fingerprint density at radius 2 is 1.36 bits per heavy atom. The molecule has 6 heteroatoms. The lowest BCUT2D eigenvalue weighted by Crippen LogP contribution is -2.30. The molecule has 0 unspecified atom stereocenters. The van der Waals surface area contributed by atoms with Crippen LogP contribution in [-0.4, -0.2) is 39.3 Å². The third-order valence-electron chi connectivity index (χ3n) is 4.89. The topological polar surface area (TPSA) is 75.6 Å². The maximum atomic E-state index is 10.9. The van der Waals surface area contributed by atoms with Crippen LogP contribution in [0.2, 0.25) is 0 Å². The van der Waals surface area contributed by atoms with Gasteiger partial charge >= 0.3 is 0 Å². The van der Waals surface area contributed by atoms with Crippen molar-refractivity contribution in [1.82, 2.24) is 5.32 Å². The Balaban J connectivity index is 0.000000552. The molecular formula is C22H39NO4S. The molecule has 0 aromatic heterocycles. The minimum absolute atomic E-state index is 0.0284. The molecule has 1 heterocycles. The maximum Gasteiger partial charge on any atom is 0.294 e. The van der Waals surface area contributed by atoms with Crippen LogP contribution < -0.4 is 5.32 Å². The molecule has 1 aliphatic heterocycles. The van der Waals surface area contributed by atoms with Crippen molar-refractivity contribution in [3.05, 3.63) is 29.8 Å². The van der Waals surface area contributed by atoms with Crippen LogP contribution in [0.25, 0.3) is 0 Å². The van der Waals surface area contributed by atoms with Gasteiger partial charge in [-0.2, -0.15) is 8.42 Å². The summed E-state index contributed by atoms with van der Waals surface area (Å²) < 4.78 is 35.8. The number of rotatable bonds is 12. The summed E-state index contributed by atoms with van der Waals surface area (Å²) in [6, 6.07) is 6.52. The number of nitrogens with one attached hydrogen (secondary N) is 1. The smallest absolute Gasteiger partial charge is 0.294 e. The zero-order valence-corrected chi connectivity index (χ0v) is 18.3. The van der Waals surface area contributed by atoms with Crippen LogP contribution in [0, 0.1) is 0 Å². The molecule has 162 valence electrons. The standard InChI is InChI=1S/C18H30O3S.C4H9NO/c1-2-3-4-5-6-7-8-9-10-11-12-17-13-15-18(16-14-17)22(19,20)21;1-3-6-4-2-5-1/h13-16H,2-12H2,1H3,(H,19,20,21);5H,1-4H2. The van der Waals surface area contributed by atoms with Gasteiger partial charge in [0.15, 0.2) is 0 Å². The third kappa shape index (κ3) is 13.3. The Morgan fingerprint density at radius 3 is 1.75 bits per heavy atom. The molecule has 2 rings (SSSR count). The van der Waals surface area contributed by atoms with E-state index in [1.54, 1.807) is 12.1 Å². The van der Waals surface area contributed by atoms with Crippen LogP contribution in [0.15, 0.2) is 29.2 Å². The summed E-state index contributed by atoms with van der Waals surface area (Å²) in [4.78, 5) is -0.0284. The first kappa shape index (κ1) is 25.1. The summed E-state index contributed by atoms with van der Waals surface area (Å²) in [7, 11) is -4.06. The number of benzene rings is 1. The van der Waals surface area contributed by atoms with Crippen molar-refractivity contribution >= 4 is 10.1 Å². The normalized spacial score (nSPS) is 14.4. The highest BCUT2D eigenvalue weighted by Gasteiger charge is 2.08. The van der Waals surface area contributed by atoms with Gasteiger partial charge in [-0.05, 0) is 30.5 Å². The Labute approximate surface area is 172 Å². The second-order valence-corrected chi connectivity index (χ2v) is 8.83. The van der Waals surface area contributed by atoms with E-state index in [0.717, 1.165) is 44.7 Å². The average molecular weight is 414 g/mol. The zero-order chi connectivity index (χ0) is 20.5. The van der Waals surface area contributed by atoms with Gasteiger partial charge in [0.2, 0.25) is 0 Å². The molecule has 0 bridgehead atoms. The molecule has 0 saturated carbocycles.